The summed E-state index contributed by atoms with van der Waals surface area (Å²) in [5.41, 5.74) is 0.687. The van der Waals surface area contributed by atoms with Gasteiger partial charge in [0, 0.05) is 25.5 Å². The molecule has 134 valence electrons. The summed E-state index contributed by atoms with van der Waals surface area (Å²) in [6, 6.07) is 13.5. The molecule has 0 bridgehead atoms. The molecule has 0 aliphatic carbocycles. The summed E-state index contributed by atoms with van der Waals surface area (Å²) >= 11 is 0. The Morgan fingerprint density at radius 3 is 2.40 bits per heavy atom. The van der Waals surface area contributed by atoms with Crippen molar-refractivity contribution in [3.8, 4) is 0 Å². The van der Waals surface area contributed by atoms with Gasteiger partial charge < -0.3 is 9.47 Å². The van der Waals surface area contributed by atoms with E-state index in [2.05, 4.69) is 4.74 Å². The Morgan fingerprint density at radius 1 is 1.04 bits per heavy atom. The van der Waals surface area contributed by atoms with E-state index in [0.29, 0.717) is 23.5 Å². The highest BCUT2D eigenvalue weighted by molar-refractivity contribution is 5.83. The molecule has 0 radical (unpaired) electrons. The Balaban J connectivity index is 2.00. The molecule has 0 aliphatic rings. The van der Waals surface area contributed by atoms with Crippen molar-refractivity contribution < 1.29 is 24.3 Å². The van der Waals surface area contributed by atoms with Crippen LogP contribution in [0.4, 0.5) is 0 Å². The summed E-state index contributed by atoms with van der Waals surface area (Å²) in [6.07, 6.45) is 0.519. The number of nitrogens with zero attached hydrogens (tertiary/aromatic N) is 1. The number of carbonyl (C=O) groups excluding carboxylic acids is 2. The van der Waals surface area contributed by atoms with Crippen molar-refractivity contribution in [2.45, 2.75) is 31.9 Å². The lowest BCUT2D eigenvalue weighted by Crippen LogP contribution is -2.32. The molecule has 6 nitrogen and oxygen atoms in total. The number of rotatable bonds is 8. The molecular formula is C19H23NO5. The molecule has 0 spiro atoms. The first-order valence-corrected chi connectivity index (χ1v) is 8.16. The maximum absolute atomic E-state index is 12.2. The number of hydrogen-bond donors (Lipinski definition) is 1. The fourth-order valence-electron chi connectivity index (χ4n) is 2.63. The number of unbranched alkanes of at least 4 members (excludes halogenated alkanes) is 1. The third kappa shape index (κ3) is 5.01. The molecular weight excluding hydrogens is 322 g/mol. The minimum absolute atomic E-state index is 0.126. The van der Waals surface area contributed by atoms with Crippen LogP contribution in [0.25, 0.3) is 10.8 Å². The highest BCUT2D eigenvalue weighted by Crippen LogP contribution is 2.25. The van der Waals surface area contributed by atoms with Gasteiger partial charge in [0.15, 0.2) is 6.23 Å². The smallest absolute Gasteiger partial charge is 0.305 e. The van der Waals surface area contributed by atoms with E-state index in [9.17, 15) is 14.8 Å². The molecule has 1 amide bonds. The number of carbonyl (C=O) groups is 2. The molecule has 25 heavy (non-hydrogen) atoms. The van der Waals surface area contributed by atoms with Crippen molar-refractivity contribution in [3.63, 3.8) is 0 Å². The molecule has 1 N–H and O–H groups in total. The zero-order valence-corrected chi connectivity index (χ0v) is 14.5. The Morgan fingerprint density at radius 2 is 1.72 bits per heavy atom. The zero-order chi connectivity index (χ0) is 18.2. The van der Waals surface area contributed by atoms with Crippen molar-refractivity contribution in [1.82, 2.24) is 5.06 Å². The highest BCUT2D eigenvalue weighted by Gasteiger charge is 2.23. The quantitative estimate of drug-likeness (QED) is 0.261. The van der Waals surface area contributed by atoms with Crippen LogP contribution in [0.5, 0.6) is 0 Å². The van der Waals surface area contributed by atoms with E-state index in [1.54, 1.807) is 0 Å². The van der Waals surface area contributed by atoms with Gasteiger partial charge in [0.05, 0.1) is 7.11 Å². The van der Waals surface area contributed by atoms with Crippen LogP contribution in [0.1, 0.15) is 37.5 Å². The molecule has 1 atom stereocenters. The minimum Gasteiger partial charge on any atom is -0.469 e. The molecule has 0 saturated carbocycles. The van der Waals surface area contributed by atoms with E-state index < -0.39 is 12.1 Å². The van der Waals surface area contributed by atoms with Gasteiger partial charge >= 0.3 is 5.97 Å². The van der Waals surface area contributed by atoms with Crippen LogP contribution < -0.4 is 0 Å². The second kappa shape index (κ2) is 9.15. The van der Waals surface area contributed by atoms with E-state index in [4.69, 9.17) is 4.74 Å². The van der Waals surface area contributed by atoms with Crippen LogP contribution in [-0.2, 0) is 19.1 Å². The van der Waals surface area contributed by atoms with E-state index in [-0.39, 0.29) is 18.8 Å². The molecule has 2 aromatic carbocycles. The number of hydroxylamine groups is 2. The Bertz CT molecular complexity index is 731. The SMILES string of the molecule is COC(=O)CCCCC(=O)N(O)C(OC)c1ccc2ccccc2c1. The van der Waals surface area contributed by atoms with E-state index in [1.807, 2.05) is 42.5 Å². The number of benzene rings is 2. The van der Waals surface area contributed by atoms with Gasteiger partial charge in [0.25, 0.3) is 0 Å². The summed E-state index contributed by atoms with van der Waals surface area (Å²) < 4.78 is 9.86. The predicted molar refractivity (Wildman–Crippen MR) is 92.8 cm³/mol. The van der Waals surface area contributed by atoms with Gasteiger partial charge in [-0.2, -0.15) is 5.06 Å². The normalized spacial score (nSPS) is 12.0. The van der Waals surface area contributed by atoms with Gasteiger partial charge in [0.2, 0.25) is 5.91 Å². The third-order valence-corrected chi connectivity index (χ3v) is 4.01. The Labute approximate surface area is 146 Å². The zero-order valence-electron chi connectivity index (χ0n) is 14.5. The fourth-order valence-corrected chi connectivity index (χ4v) is 2.63. The topological polar surface area (TPSA) is 76.1 Å². The van der Waals surface area contributed by atoms with Crippen molar-refractivity contribution in [3.05, 3.63) is 48.0 Å². The van der Waals surface area contributed by atoms with E-state index >= 15 is 0 Å². The van der Waals surface area contributed by atoms with Gasteiger partial charge in [-0.1, -0.05) is 36.4 Å². The summed E-state index contributed by atoms with van der Waals surface area (Å²) in [6.45, 7) is 0. The molecule has 2 aromatic rings. The second-order valence-electron chi connectivity index (χ2n) is 5.72. The molecule has 0 heterocycles. The van der Waals surface area contributed by atoms with Crippen molar-refractivity contribution in [2.24, 2.45) is 0 Å². The number of ether oxygens (including phenoxy) is 2. The van der Waals surface area contributed by atoms with E-state index in [0.717, 1.165) is 10.8 Å². The maximum Gasteiger partial charge on any atom is 0.305 e. The predicted octanol–water partition coefficient (Wildman–Crippen LogP) is 3.44. The summed E-state index contributed by atoms with van der Waals surface area (Å²) in [5, 5.41) is 12.9. The lowest BCUT2D eigenvalue weighted by molar-refractivity contribution is -0.215. The minimum atomic E-state index is -0.877. The monoisotopic (exact) mass is 345 g/mol. The molecule has 0 aliphatic heterocycles. The number of fused-ring (bicyclic) bond motifs is 1. The Kier molecular flexibility index (Phi) is 6.91. The number of hydrogen-bond acceptors (Lipinski definition) is 5. The fraction of sp³-hybridized carbons (Fsp3) is 0.368. The van der Waals surface area contributed by atoms with Gasteiger partial charge in [-0.15, -0.1) is 0 Å². The maximum atomic E-state index is 12.2. The van der Waals surface area contributed by atoms with Crippen LogP contribution in [-0.4, -0.2) is 36.4 Å². The summed E-state index contributed by atoms with van der Waals surface area (Å²) in [7, 11) is 2.77. The van der Waals surface area contributed by atoms with Gasteiger partial charge in [-0.25, -0.2) is 0 Å². The summed E-state index contributed by atoms with van der Waals surface area (Å²) in [4.78, 5) is 23.2. The largest absolute Gasteiger partial charge is 0.469 e. The average molecular weight is 345 g/mol. The molecule has 0 saturated heterocycles. The molecule has 1 unspecified atom stereocenters. The van der Waals surface area contributed by atoms with Crippen molar-refractivity contribution in [1.29, 1.82) is 0 Å². The lowest BCUT2D eigenvalue weighted by atomic mass is 10.1. The molecule has 6 heteroatoms. The third-order valence-electron chi connectivity index (χ3n) is 4.01. The van der Waals surface area contributed by atoms with Gasteiger partial charge in [-0.05, 0) is 29.7 Å². The molecule has 0 fully saturated rings. The van der Waals surface area contributed by atoms with Crippen LogP contribution in [0, 0.1) is 0 Å². The molecule has 0 aromatic heterocycles. The standard InChI is InChI=1S/C19H23NO5/c1-24-18(22)10-6-5-9-17(21)20(23)19(25-2)16-12-11-14-7-3-4-8-15(14)13-16/h3-4,7-8,11-13,19,23H,5-6,9-10H2,1-2H3. The number of esters is 1. The number of amides is 1. The first-order valence-electron chi connectivity index (χ1n) is 8.16. The van der Waals surface area contributed by atoms with Crippen LogP contribution in [0.2, 0.25) is 0 Å². The van der Waals surface area contributed by atoms with Gasteiger partial charge in [0.1, 0.15) is 0 Å². The first-order chi connectivity index (χ1) is 12.1. The Hall–Kier alpha value is -2.44. The van der Waals surface area contributed by atoms with Gasteiger partial charge in [-0.3, -0.25) is 14.8 Å². The van der Waals surface area contributed by atoms with Crippen LogP contribution >= 0.6 is 0 Å². The summed E-state index contributed by atoms with van der Waals surface area (Å²) in [5.74, 6) is -0.760. The second-order valence-corrected chi connectivity index (χ2v) is 5.72. The first kappa shape index (κ1) is 18.9. The van der Waals surface area contributed by atoms with Crippen molar-refractivity contribution >= 4 is 22.6 Å². The highest BCUT2D eigenvalue weighted by atomic mass is 16.6. The van der Waals surface area contributed by atoms with Crippen LogP contribution in [0.15, 0.2) is 42.5 Å². The van der Waals surface area contributed by atoms with Crippen molar-refractivity contribution in [2.75, 3.05) is 14.2 Å². The lowest BCUT2D eigenvalue weighted by Gasteiger charge is -2.25. The molecule has 2 rings (SSSR count). The van der Waals surface area contributed by atoms with Crippen LogP contribution in [0.3, 0.4) is 0 Å². The number of methoxy groups -OCH3 is 2. The van der Waals surface area contributed by atoms with E-state index in [1.165, 1.54) is 14.2 Å². The average Bonchev–Trinajstić information content (AvgIpc) is 2.65.